The van der Waals surface area contributed by atoms with E-state index in [2.05, 4.69) is 0 Å². The summed E-state index contributed by atoms with van der Waals surface area (Å²) in [6.45, 7) is 3.01. The summed E-state index contributed by atoms with van der Waals surface area (Å²) in [6.07, 6.45) is 0. The summed E-state index contributed by atoms with van der Waals surface area (Å²) in [7, 11) is 0. The molecular weight excluding hydrogens is 252 g/mol. The molecule has 0 aliphatic heterocycles. The third-order valence-corrected chi connectivity index (χ3v) is 2.68. The molecule has 4 nitrogen and oxygen atoms in total. The summed E-state index contributed by atoms with van der Waals surface area (Å²) < 4.78 is 0. The van der Waals surface area contributed by atoms with Crippen molar-refractivity contribution < 1.29 is 9.59 Å². The van der Waals surface area contributed by atoms with Crippen LogP contribution in [0, 0.1) is 0 Å². The molecule has 0 heterocycles. The zero-order chi connectivity index (χ0) is 15.1. The molecular formula is C16H18N2O2. The molecule has 2 rings (SSSR count). The van der Waals surface area contributed by atoms with Gasteiger partial charge in [0.1, 0.15) is 0 Å². The minimum absolute atomic E-state index is 0.0121. The first-order valence-electron chi connectivity index (χ1n) is 6.14. The van der Waals surface area contributed by atoms with Crippen molar-refractivity contribution in [2.75, 3.05) is 11.5 Å². The number of para-hydroxylation sites is 2. The molecule has 0 aliphatic rings. The molecule has 0 spiro atoms. The fourth-order valence-electron chi connectivity index (χ4n) is 1.64. The van der Waals surface area contributed by atoms with E-state index in [0.29, 0.717) is 22.5 Å². The second-order valence-electron chi connectivity index (χ2n) is 4.29. The molecule has 2 aromatic carbocycles. The average molecular weight is 270 g/mol. The van der Waals surface area contributed by atoms with E-state index in [1.807, 2.05) is 12.1 Å². The number of rotatable bonds is 2. The highest BCUT2D eigenvalue weighted by Crippen LogP contribution is 2.10. The molecule has 0 unspecified atom stereocenters. The van der Waals surface area contributed by atoms with E-state index in [4.69, 9.17) is 11.5 Å². The van der Waals surface area contributed by atoms with Crippen LogP contribution in [-0.4, -0.2) is 11.6 Å². The molecule has 0 atom stereocenters. The lowest BCUT2D eigenvalue weighted by molar-refractivity contribution is 0.101. The van der Waals surface area contributed by atoms with Crippen molar-refractivity contribution in [3.05, 3.63) is 59.7 Å². The third kappa shape index (κ3) is 4.24. The summed E-state index contributed by atoms with van der Waals surface area (Å²) in [6, 6.07) is 14.1. The van der Waals surface area contributed by atoms with Crippen molar-refractivity contribution in [2.24, 2.45) is 0 Å². The van der Waals surface area contributed by atoms with Gasteiger partial charge >= 0.3 is 0 Å². The molecule has 0 aliphatic carbocycles. The average Bonchev–Trinajstić information content (AvgIpc) is 2.40. The number of anilines is 2. The van der Waals surface area contributed by atoms with Crippen molar-refractivity contribution in [1.82, 2.24) is 0 Å². The standard InChI is InChI=1S/2C8H9NO/c2*1-6(10)7-4-2-3-5-8(7)9/h2*2-5H,9H2,1H3. The fourth-order valence-corrected chi connectivity index (χ4v) is 1.64. The third-order valence-electron chi connectivity index (χ3n) is 2.68. The Morgan fingerprint density at radius 2 is 1.00 bits per heavy atom. The fraction of sp³-hybridized carbons (Fsp3) is 0.125. The number of benzene rings is 2. The summed E-state index contributed by atoms with van der Waals surface area (Å²) >= 11 is 0. The van der Waals surface area contributed by atoms with E-state index in [-0.39, 0.29) is 11.6 Å². The van der Waals surface area contributed by atoms with E-state index in [9.17, 15) is 9.59 Å². The first kappa shape index (κ1) is 15.4. The quantitative estimate of drug-likeness (QED) is 0.649. The molecule has 0 radical (unpaired) electrons. The van der Waals surface area contributed by atoms with E-state index in [1.165, 1.54) is 13.8 Å². The summed E-state index contributed by atoms with van der Waals surface area (Å²) in [5, 5.41) is 0. The number of nitrogen functional groups attached to an aromatic ring is 2. The maximum Gasteiger partial charge on any atom is 0.161 e. The first-order chi connectivity index (χ1) is 9.43. The van der Waals surface area contributed by atoms with Crippen molar-refractivity contribution in [1.29, 1.82) is 0 Å². The monoisotopic (exact) mass is 270 g/mol. The van der Waals surface area contributed by atoms with Gasteiger partial charge in [-0.05, 0) is 38.1 Å². The van der Waals surface area contributed by atoms with Crippen LogP contribution in [0.4, 0.5) is 11.4 Å². The molecule has 20 heavy (non-hydrogen) atoms. The van der Waals surface area contributed by atoms with Crippen LogP contribution in [0.3, 0.4) is 0 Å². The molecule has 0 bridgehead atoms. The van der Waals surface area contributed by atoms with Crippen LogP contribution in [0.5, 0.6) is 0 Å². The molecule has 2 aromatic rings. The van der Waals surface area contributed by atoms with Crippen molar-refractivity contribution >= 4 is 22.9 Å². The Labute approximate surface area is 118 Å². The SMILES string of the molecule is CC(=O)c1ccccc1N.CC(=O)c1ccccc1N. The molecule has 0 amide bonds. The second kappa shape index (κ2) is 7.09. The number of ketones is 2. The van der Waals surface area contributed by atoms with Crippen LogP contribution in [0.2, 0.25) is 0 Å². The number of carbonyl (C=O) groups excluding carboxylic acids is 2. The maximum absolute atomic E-state index is 10.8. The zero-order valence-corrected chi connectivity index (χ0v) is 11.6. The number of hydrogen-bond donors (Lipinski definition) is 2. The predicted molar refractivity (Wildman–Crippen MR) is 81.7 cm³/mol. The van der Waals surface area contributed by atoms with Gasteiger partial charge in [0.05, 0.1) is 0 Å². The highest BCUT2D eigenvalue weighted by molar-refractivity contribution is 5.99. The normalized spacial score (nSPS) is 9.30. The Balaban J connectivity index is 0.000000200. The zero-order valence-electron chi connectivity index (χ0n) is 11.6. The van der Waals surface area contributed by atoms with Crippen LogP contribution in [0.1, 0.15) is 34.6 Å². The van der Waals surface area contributed by atoms with Gasteiger partial charge in [-0.25, -0.2) is 0 Å². The topological polar surface area (TPSA) is 86.2 Å². The smallest absolute Gasteiger partial charge is 0.161 e. The van der Waals surface area contributed by atoms with Crippen LogP contribution < -0.4 is 11.5 Å². The Hall–Kier alpha value is -2.62. The second-order valence-corrected chi connectivity index (χ2v) is 4.29. The Kier molecular flexibility index (Phi) is 5.47. The molecule has 0 aromatic heterocycles. The van der Waals surface area contributed by atoms with Crippen molar-refractivity contribution in [2.45, 2.75) is 13.8 Å². The van der Waals surface area contributed by atoms with Gasteiger partial charge < -0.3 is 11.5 Å². The van der Waals surface area contributed by atoms with E-state index in [0.717, 1.165) is 0 Å². The Morgan fingerprint density at radius 1 is 0.700 bits per heavy atom. The molecule has 0 saturated heterocycles. The summed E-state index contributed by atoms with van der Waals surface area (Å²) in [4.78, 5) is 21.6. The first-order valence-corrected chi connectivity index (χ1v) is 6.14. The van der Waals surface area contributed by atoms with Crippen molar-refractivity contribution in [3.63, 3.8) is 0 Å². The highest BCUT2D eigenvalue weighted by atomic mass is 16.1. The van der Waals surface area contributed by atoms with Gasteiger partial charge in [-0.1, -0.05) is 24.3 Å². The number of Topliss-reactive ketones (excluding diaryl/α,β-unsaturated/α-hetero) is 2. The number of hydrogen-bond acceptors (Lipinski definition) is 4. The largest absolute Gasteiger partial charge is 0.398 e. The van der Waals surface area contributed by atoms with E-state index >= 15 is 0 Å². The minimum Gasteiger partial charge on any atom is -0.398 e. The lowest BCUT2D eigenvalue weighted by Gasteiger charge is -1.97. The van der Waals surface area contributed by atoms with E-state index in [1.54, 1.807) is 36.4 Å². The van der Waals surface area contributed by atoms with Gasteiger partial charge in [-0.2, -0.15) is 0 Å². The summed E-state index contributed by atoms with van der Waals surface area (Å²) in [5.41, 5.74) is 13.3. The van der Waals surface area contributed by atoms with Gasteiger partial charge in [0.25, 0.3) is 0 Å². The van der Waals surface area contributed by atoms with Gasteiger partial charge in [0.2, 0.25) is 0 Å². The predicted octanol–water partition coefficient (Wildman–Crippen LogP) is 2.94. The van der Waals surface area contributed by atoms with Gasteiger partial charge in [-0.15, -0.1) is 0 Å². The van der Waals surface area contributed by atoms with Gasteiger partial charge in [0, 0.05) is 22.5 Å². The molecule has 0 saturated carbocycles. The molecule has 4 heteroatoms. The van der Waals surface area contributed by atoms with Crippen molar-refractivity contribution in [3.8, 4) is 0 Å². The Morgan fingerprint density at radius 3 is 1.20 bits per heavy atom. The van der Waals surface area contributed by atoms with Crippen LogP contribution in [-0.2, 0) is 0 Å². The number of nitrogens with two attached hydrogens (primary N) is 2. The lowest BCUT2D eigenvalue weighted by Crippen LogP contribution is -1.97. The lowest BCUT2D eigenvalue weighted by atomic mass is 10.1. The van der Waals surface area contributed by atoms with E-state index < -0.39 is 0 Å². The Bertz CT molecular complexity index is 566. The van der Waals surface area contributed by atoms with Crippen LogP contribution in [0.15, 0.2) is 48.5 Å². The van der Waals surface area contributed by atoms with Crippen LogP contribution in [0.25, 0.3) is 0 Å². The minimum atomic E-state index is 0.0121. The maximum atomic E-state index is 10.8. The van der Waals surface area contributed by atoms with Gasteiger partial charge in [-0.3, -0.25) is 9.59 Å². The molecule has 0 fully saturated rings. The molecule has 104 valence electrons. The van der Waals surface area contributed by atoms with Crippen LogP contribution >= 0.6 is 0 Å². The number of carbonyl (C=O) groups is 2. The molecule has 4 N–H and O–H groups in total. The summed E-state index contributed by atoms with van der Waals surface area (Å²) in [5.74, 6) is 0.0243. The highest BCUT2D eigenvalue weighted by Gasteiger charge is 2.01. The van der Waals surface area contributed by atoms with Gasteiger partial charge in [0.15, 0.2) is 11.6 Å².